The molecule has 0 spiro atoms. The third-order valence-electron chi connectivity index (χ3n) is 4.64. The number of hydrogen-bond acceptors (Lipinski definition) is 5. The number of carbonyl (C=O) groups excluding carboxylic acids is 2. The predicted molar refractivity (Wildman–Crippen MR) is 83.5 cm³/mol. The summed E-state index contributed by atoms with van der Waals surface area (Å²) in [6, 6.07) is 0.953. The Kier molecular flexibility index (Phi) is 4.20. The molecule has 0 aliphatic carbocycles. The SMILES string of the molecule is Cc1ccsc1CN1CCN2C(=O)[C@H](CO)N(C)C(=O)[C@H]2C1. The molecule has 1 N–H and O–H groups in total. The summed E-state index contributed by atoms with van der Waals surface area (Å²) in [5, 5.41) is 11.4. The minimum absolute atomic E-state index is 0.0775. The van der Waals surface area contributed by atoms with E-state index in [1.807, 2.05) is 0 Å². The van der Waals surface area contributed by atoms with Gasteiger partial charge in [0.05, 0.1) is 6.61 Å². The number of amides is 2. The molecule has 0 saturated carbocycles. The third kappa shape index (κ3) is 2.53. The van der Waals surface area contributed by atoms with Crippen molar-refractivity contribution in [3.8, 4) is 0 Å². The van der Waals surface area contributed by atoms with E-state index in [1.165, 1.54) is 15.3 Å². The van der Waals surface area contributed by atoms with E-state index < -0.39 is 12.1 Å². The van der Waals surface area contributed by atoms with Crippen molar-refractivity contribution in [2.75, 3.05) is 33.3 Å². The van der Waals surface area contributed by atoms with Crippen molar-refractivity contribution in [2.45, 2.75) is 25.6 Å². The Morgan fingerprint density at radius 3 is 2.73 bits per heavy atom. The lowest BCUT2D eigenvalue weighted by molar-refractivity contribution is -0.165. The number of rotatable bonds is 3. The number of thiophene rings is 1. The van der Waals surface area contributed by atoms with Gasteiger partial charge in [-0.25, -0.2) is 0 Å². The van der Waals surface area contributed by atoms with Crippen LogP contribution in [0.25, 0.3) is 0 Å². The van der Waals surface area contributed by atoms with Crippen LogP contribution < -0.4 is 0 Å². The molecule has 2 amide bonds. The zero-order valence-corrected chi connectivity index (χ0v) is 13.7. The normalized spacial score (nSPS) is 26.5. The van der Waals surface area contributed by atoms with Crippen LogP contribution >= 0.6 is 11.3 Å². The standard InChI is InChI=1S/C15H21N3O3S/c1-10-3-6-22-13(10)8-17-4-5-18-11(7-17)14(20)16(2)12(9-19)15(18)21/h3,6,11-12,19H,4-5,7-9H2,1-2H3/t11-,12+/m1/s1. The van der Waals surface area contributed by atoms with Crippen molar-refractivity contribution in [3.63, 3.8) is 0 Å². The van der Waals surface area contributed by atoms with Crippen molar-refractivity contribution in [1.82, 2.24) is 14.7 Å². The summed E-state index contributed by atoms with van der Waals surface area (Å²) in [6.07, 6.45) is 0. The van der Waals surface area contributed by atoms with Crippen LogP contribution in [0.15, 0.2) is 11.4 Å². The van der Waals surface area contributed by atoms with Crippen LogP contribution in [0.5, 0.6) is 0 Å². The largest absolute Gasteiger partial charge is 0.394 e. The third-order valence-corrected chi connectivity index (χ3v) is 5.65. The Morgan fingerprint density at radius 1 is 1.32 bits per heavy atom. The summed E-state index contributed by atoms with van der Waals surface area (Å²) in [6.45, 7) is 4.46. The van der Waals surface area contributed by atoms with E-state index in [-0.39, 0.29) is 18.4 Å². The van der Waals surface area contributed by atoms with Gasteiger partial charge in [-0.2, -0.15) is 0 Å². The van der Waals surface area contributed by atoms with E-state index in [0.29, 0.717) is 13.1 Å². The molecule has 7 heteroatoms. The number of aryl methyl sites for hydroxylation is 1. The Balaban J connectivity index is 1.73. The van der Waals surface area contributed by atoms with Gasteiger partial charge >= 0.3 is 0 Å². The lowest BCUT2D eigenvalue weighted by atomic mass is 10.0. The fourth-order valence-corrected chi connectivity index (χ4v) is 4.12. The van der Waals surface area contributed by atoms with Crippen LogP contribution in [0.1, 0.15) is 10.4 Å². The second kappa shape index (κ2) is 5.98. The molecule has 0 unspecified atom stereocenters. The lowest BCUT2D eigenvalue weighted by Crippen LogP contribution is -2.69. The highest BCUT2D eigenvalue weighted by molar-refractivity contribution is 7.10. The topological polar surface area (TPSA) is 64.1 Å². The zero-order valence-electron chi connectivity index (χ0n) is 12.9. The Morgan fingerprint density at radius 2 is 2.09 bits per heavy atom. The van der Waals surface area contributed by atoms with Gasteiger partial charge in [-0.15, -0.1) is 11.3 Å². The second-order valence-electron chi connectivity index (χ2n) is 5.96. The molecular weight excluding hydrogens is 302 g/mol. The Labute approximate surface area is 133 Å². The van der Waals surface area contributed by atoms with E-state index in [1.54, 1.807) is 23.3 Å². The Bertz CT molecular complexity index is 588. The summed E-state index contributed by atoms with van der Waals surface area (Å²) in [5.41, 5.74) is 1.27. The molecule has 0 bridgehead atoms. The van der Waals surface area contributed by atoms with Gasteiger partial charge in [-0.1, -0.05) is 0 Å². The van der Waals surface area contributed by atoms with Crippen molar-refractivity contribution < 1.29 is 14.7 Å². The molecule has 120 valence electrons. The first-order chi connectivity index (χ1) is 10.5. The second-order valence-corrected chi connectivity index (χ2v) is 6.96. The van der Waals surface area contributed by atoms with Crippen LogP contribution in [0.3, 0.4) is 0 Å². The molecule has 2 aliphatic rings. The minimum atomic E-state index is -0.727. The fourth-order valence-electron chi connectivity index (χ4n) is 3.17. The summed E-state index contributed by atoms with van der Waals surface area (Å²) >= 11 is 1.73. The number of likely N-dealkylation sites (N-methyl/N-ethyl adjacent to an activating group) is 1. The Hall–Kier alpha value is -1.44. The van der Waals surface area contributed by atoms with E-state index in [2.05, 4.69) is 23.3 Å². The number of hydrogen-bond donors (Lipinski definition) is 1. The molecular formula is C15H21N3O3S. The molecule has 2 fully saturated rings. The number of fused-ring (bicyclic) bond motifs is 1. The molecule has 2 aliphatic heterocycles. The first-order valence-electron chi connectivity index (χ1n) is 7.46. The number of piperazine rings is 2. The van der Waals surface area contributed by atoms with E-state index in [0.717, 1.165) is 13.1 Å². The highest BCUT2D eigenvalue weighted by atomic mass is 32.1. The zero-order chi connectivity index (χ0) is 15.9. The lowest BCUT2D eigenvalue weighted by Gasteiger charge is -2.47. The van der Waals surface area contributed by atoms with Gasteiger partial charge in [0.1, 0.15) is 12.1 Å². The van der Waals surface area contributed by atoms with Crippen molar-refractivity contribution >= 4 is 23.2 Å². The first-order valence-corrected chi connectivity index (χ1v) is 8.34. The maximum atomic E-state index is 12.5. The highest BCUT2D eigenvalue weighted by Gasteiger charge is 2.46. The molecule has 22 heavy (non-hydrogen) atoms. The fraction of sp³-hybridized carbons (Fsp3) is 0.600. The minimum Gasteiger partial charge on any atom is -0.394 e. The molecule has 2 saturated heterocycles. The molecule has 3 rings (SSSR count). The van der Waals surface area contributed by atoms with Gasteiger partial charge in [0.15, 0.2) is 0 Å². The summed E-state index contributed by atoms with van der Waals surface area (Å²) < 4.78 is 0. The first kappa shape index (κ1) is 15.5. The maximum Gasteiger partial charge on any atom is 0.248 e. The average molecular weight is 323 g/mol. The number of carbonyl (C=O) groups is 2. The molecule has 0 radical (unpaired) electrons. The number of aliphatic hydroxyl groups is 1. The van der Waals surface area contributed by atoms with Crippen molar-refractivity contribution in [2.24, 2.45) is 0 Å². The van der Waals surface area contributed by atoms with Gasteiger partial charge in [-0.05, 0) is 23.9 Å². The smallest absolute Gasteiger partial charge is 0.248 e. The van der Waals surface area contributed by atoms with Gasteiger partial charge in [0.2, 0.25) is 11.8 Å². The van der Waals surface area contributed by atoms with Crippen LogP contribution in [0.4, 0.5) is 0 Å². The van der Waals surface area contributed by atoms with Crippen LogP contribution in [0, 0.1) is 6.92 Å². The molecule has 2 atom stereocenters. The van der Waals surface area contributed by atoms with E-state index >= 15 is 0 Å². The average Bonchev–Trinajstić information content (AvgIpc) is 2.91. The van der Waals surface area contributed by atoms with Gasteiger partial charge in [0, 0.05) is 38.1 Å². The van der Waals surface area contributed by atoms with Crippen molar-refractivity contribution in [3.05, 3.63) is 21.9 Å². The maximum absolute atomic E-state index is 12.5. The molecule has 1 aromatic heterocycles. The predicted octanol–water partition coefficient (Wildman–Crippen LogP) is -0.0978. The van der Waals surface area contributed by atoms with Crippen molar-refractivity contribution in [1.29, 1.82) is 0 Å². The molecule has 0 aromatic carbocycles. The number of aliphatic hydroxyl groups excluding tert-OH is 1. The van der Waals surface area contributed by atoms with Crippen LogP contribution in [-0.2, 0) is 16.1 Å². The van der Waals surface area contributed by atoms with Gasteiger partial charge in [-0.3, -0.25) is 14.5 Å². The molecule has 6 nitrogen and oxygen atoms in total. The van der Waals surface area contributed by atoms with Crippen LogP contribution in [-0.4, -0.2) is 77.0 Å². The highest BCUT2D eigenvalue weighted by Crippen LogP contribution is 2.24. The summed E-state index contributed by atoms with van der Waals surface area (Å²) in [5.74, 6) is -0.215. The molecule has 3 heterocycles. The van der Waals surface area contributed by atoms with Crippen LogP contribution in [0.2, 0.25) is 0 Å². The van der Waals surface area contributed by atoms with E-state index in [9.17, 15) is 14.7 Å². The van der Waals surface area contributed by atoms with Gasteiger partial charge in [0.25, 0.3) is 0 Å². The summed E-state index contributed by atoms with van der Waals surface area (Å²) in [4.78, 5) is 31.4. The monoisotopic (exact) mass is 323 g/mol. The molecule has 1 aromatic rings. The summed E-state index contributed by atoms with van der Waals surface area (Å²) in [7, 11) is 1.60. The van der Waals surface area contributed by atoms with E-state index in [4.69, 9.17) is 0 Å². The number of nitrogens with zero attached hydrogens (tertiary/aromatic N) is 3. The van der Waals surface area contributed by atoms with Gasteiger partial charge < -0.3 is 14.9 Å². The quantitative estimate of drug-likeness (QED) is 0.844.